The molecule has 124 valence electrons. The van der Waals surface area contributed by atoms with Crippen molar-refractivity contribution in [1.29, 1.82) is 0 Å². The van der Waals surface area contributed by atoms with Crippen LogP contribution in [0, 0.1) is 12.7 Å². The number of H-pyrrole nitrogens is 1. The number of rotatable bonds is 3. The molecule has 0 spiro atoms. The first-order valence-electron chi connectivity index (χ1n) is 7.80. The Balaban J connectivity index is 1.84. The minimum Gasteiger partial charge on any atom is -0.345 e. The lowest BCUT2D eigenvalue weighted by molar-refractivity contribution is 0.103. The number of hydrogen-bond donors (Lipinski definition) is 1. The van der Waals surface area contributed by atoms with Gasteiger partial charge < -0.3 is 4.98 Å². The molecule has 5 nitrogen and oxygen atoms in total. The average Bonchev–Trinajstić information content (AvgIpc) is 3.22. The Morgan fingerprint density at radius 1 is 1.16 bits per heavy atom. The number of aromatic nitrogens is 4. The summed E-state index contributed by atoms with van der Waals surface area (Å²) in [6.07, 6.45) is 6.90. The SMILES string of the molecule is Cc1ccc(F)c(C(=O)c2c[nH]c3ncc(-c4cnn(C)c4)cc23)c1. The fourth-order valence-corrected chi connectivity index (χ4v) is 2.88. The number of ketones is 1. The van der Waals surface area contributed by atoms with E-state index in [-0.39, 0.29) is 11.3 Å². The van der Waals surface area contributed by atoms with E-state index in [2.05, 4.69) is 15.1 Å². The number of nitrogens with zero attached hydrogens (tertiary/aromatic N) is 3. The lowest BCUT2D eigenvalue weighted by atomic mass is 10.00. The van der Waals surface area contributed by atoms with Crippen molar-refractivity contribution in [3.05, 3.63) is 71.6 Å². The maximum Gasteiger partial charge on any atom is 0.198 e. The van der Waals surface area contributed by atoms with E-state index in [1.54, 1.807) is 35.4 Å². The highest BCUT2D eigenvalue weighted by molar-refractivity contribution is 6.16. The standard InChI is InChI=1S/C19H15FN4O/c1-11-3-4-17(20)15(5-11)18(25)16-9-22-19-14(16)6-12(7-21-19)13-8-23-24(2)10-13/h3-10H,1-2H3,(H,21,22). The summed E-state index contributed by atoms with van der Waals surface area (Å²) < 4.78 is 15.8. The van der Waals surface area contributed by atoms with Gasteiger partial charge in [-0.1, -0.05) is 11.6 Å². The van der Waals surface area contributed by atoms with Gasteiger partial charge in [0.25, 0.3) is 0 Å². The fraction of sp³-hybridized carbons (Fsp3) is 0.105. The zero-order chi connectivity index (χ0) is 17.6. The second kappa shape index (κ2) is 5.66. The molecule has 0 radical (unpaired) electrons. The van der Waals surface area contributed by atoms with Gasteiger partial charge in [-0.05, 0) is 25.1 Å². The number of carbonyl (C=O) groups is 1. The van der Waals surface area contributed by atoms with Gasteiger partial charge in [-0.15, -0.1) is 0 Å². The number of aromatic amines is 1. The number of fused-ring (bicyclic) bond motifs is 1. The maximum absolute atomic E-state index is 14.1. The van der Waals surface area contributed by atoms with E-state index in [1.165, 1.54) is 6.07 Å². The van der Waals surface area contributed by atoms with Gasteiger partial charge in [0, 0.05) is 47.7 Å². The third-order valence-corrected chi connectivity index (χ3v) is 4.18. The largest absolute Gasteiger partial charge is 0.345 e. The van der Waals surface area contributed by atoms with Crippen LogP contribution in [0.5, 0.6) is 0 Å². The molecule has 0 aliphatic rings. The molecular weight excluding hydrogens is 319 g/mol. The molecule has 3 aromatic heterocycles. The first kappa shape index (κ1) is 15.3. The smallest absolute Gasteiger partial charge is 0.198 e. The molecule has 0 amide bonds. The summed E-state index contributed by atoms with van der Waals surface area (Å²) in [7, 11) is 1.83. The molecule has 0 bridgehead atoms. The molecule has 1 N–H and O–H groups in total. The van der Waals surface area contributed by atoms with Gasteiger partial charge in [-0.3, -0.25) is 9.48 Å². The molecule has 0 aliphatic heterocycles. The predicted octanol–water partition coefficient (Wildman–Crippen LogP) is 3.64. The number of aryl methyl sites for hydroxylation is 2. The minimum absolute atomic E-state index is 0.0627. The summed E-state index contributed by atoms with van der Waals surface area (Å²) in [5.74, 6) is -0.890. The van der Waals surface area contributed by atoms with Gasteiger partial charge in [-0.2, -0.15) is 5.10 Å². The highest BCUT2D eigenvalue weighted by atomic mass is 19.1. The number of pyridine rings is 1. The first-order chi connectivity index (χ1) is 12.0. The van der Waals surface area contributed by atoms with Crippen LogP contribution in [-0.2, 0) is 7.05 Å². The van der Waals surface area contributed by atoms with E-state index in [1.807, 2.05) is 26.2 Å². The van der Waals surface area contributed by atoms with Crippen molar-refractivity contribution in [3.63, 3.8) is 0 Å². The van der Waals surface area contributed by atoms with Crippen LogP contribution in [0.3, 0.4) is 0 Å². The fourth-order valence-electron chi connectivity index (χ4n) is 2.88. The van der Waals surface area contributed by atoms with Crippen LogP contribution in [0.1, 0.15) is 21.5 Å². The summed E-state index contributed by atoms with van der Waals surface area (Å²) in [6, 6.07) is 6.39. The van der Waals surface area contributed by atoms with Crippen molar-refractivity contribution < 1.29 is 9.18 Å². The van der Waals surface area contributed by atoms with Gasteiger partial charge in [0.1, 0.15) is 11.5 Å². The maximum atomic E-state index is 14.1. The number of carbonyl (C=O) groups excluding carboxylic acids is 1. The first-order valence-corrected chi connectivity index (χ1v) is 7.80. The van der Waals surface area contributed by atoms with Gasteiger partial charge in [0.2, 0.25) is 0 Å². The van der Waals surface area contributed by atoms with Gasteiger partial charge in [0.15, 0.2) is 5.78 Å². The minimum atomic E-state index is -0.527. The van der Waals surface area contributed by atoms with Crippen molar-refractivity contribution in [2.75, 3.05) is 0 Å². The zero-order valence-electron chi connectivity index (χ0n) is 13.7. The van der Waals surface area contributed by atoms with E-state index in [4.69, 9.17) is 0 Å². The molecular formula is C19H15FN4O. The van der Waals surface area contributed by atoms with Crippen molar-refractivity contribution in [1.82, 2.24) is 19.7 Å². The van der Waals surface area contributed by atoms with E-state index >= 15 is 0 Å². The molecule has 0 saturated carbocycles. The molecule has 4 aromatic rings. The molecule has 25 heavy (non-hydrogen) atoms. The zero-order valence-corrected chi connectivity index (χ0v) is 13.7. The second-order valence-electron chi connectivity index (χ2n) is 6.04. The highest BCUT2D eigenvalue weighted by Crippen LogP contribution is 2.26. The molecule has 0 fully saturated rings. The topological polar surface area (TPSA) is 63.6 Å². The van der Waals surface area contributed by atoms with Crippen LogP contribution in [0.25, 0.3) is 22.2 Å². The highest BCUT2D eigenvalue weighted by Gasteiger charge is 2.19. The Kier molecular flexibility index (Phi) is 3.46. The van der Waals surface area contributed by atoms with E-state index in [9.17, 15) is 9.18 Å². The van der Waals surface area contributed by atoms with Crippen molar-refractivity contribution in [2.24, 2.45) is 7.05 Å². The molecule has 4 rings (SSSR count). The Morgan fingerprint density at radius 2 is 2.00 bits per heavy atom. The van der Waals surface area contributed by atoms with Crippen LogP contribution in [0.15, 0.2) is 49.1 Å². The summed E-state index contributed by atoms with van der Waals surface area (Å²) >= 11 is 0. The normalized spacial score (nSPS) is 11.2. The van der Waals surface area contributed by atoms with Crippen LogP contribution in [0.2, 0.25) is 0 Å². The summed E-state index contributed by atoms with van der Waals surface area (Å²) in [6.45, 7) is 1.83. The van der Waals surface area contributed by atoms with Gasteiger partial charge in [0.05, 0.1) is 11.8 Å². The number of benzene rings is 1. The van der Waals surface area contributed by atoms with Crippen molar-refractivity contribution >= 4 is 16.8 Å². The molecule has 0 unspecified atom stereocenters. The molecule has 1 aromatic carbocycles. The van der Waals surface area contributed by atoms with E-state index in [0.29, 0.717) is 16.6 Å². The molecule has 0 aliphatic carbocycles. The lowest BCUT2D eigenvalue weighted by Gasteiger charge is -2.04. The monoisotopic (exact) mass is 334 g/mol. The van der Waals surface area contributed by atoms with Crippen molar-refractivity contribution in [3.8, 4) is 11.1 Å². The summed E-state index contributed by atoms with van der Waals surface area (Å²) in [4.78, 5) is 20.2. The number of halogens is 1. The Labute approximate surface area is 143 Å². The van der Waals surface area contributed by atoms with Crippen LogP contribution in [0.4, 0.5) is 4.39 Å². The predicted molar refractivity (Wildman–Crippen MR) is 92.9 cm³/mol. The van der Waals surface area contributed by atoms with Crippen LogP contribution < -0.4 is 0 Å². The third kappa shape index (κ3) is 2.61. The second-order valence-corrected chi connectivity index (χ2v) is 6.04. The van der Waals surface area contributed by atoms with Crippen LogP contribution >= 0.6 is 0 Å². The van der Waals surface area contributed by atoms with E-state index in [0.717, 1.165) is 16.7 Å². The molecule has 0 saturated heterocycles. The average molecular weight is 334 g/mol. The van der Waals surface area contributed by atoms with Crippen LogP contribution in [-0.4, -0.2) is 25.5 Å². The van der Waals surface area contributed by atoms with E-state index < -0.39 is 5.82 Å². The molecule has 6 heteroatoms. The number of nitrogens with one attached hydrogen (secondary N) is 1. The Hall–Kier alpha value is -3.28. The quantitative estimate of drug-likeness (QED) is 0.582. The summed E-state index contributed by atoms with van der Waals surface area (Å²) in [5, 5.41) is 4.81. The van der Waals surface area contributed by atoms with Crippen molar-refractivity contribution in [2.45, 2.75) is 6.92 Å². The number of hydrogen-bond acceptors (Lipinski definition) is 3. The third-order valence-electron chi connectivity index (χ3n) is 4.18. The van der Waals surface area contributed by atoms with Gasteiger partial charge >= 0.3 is 0 Å². The lowest BCUT2D eigenvalue weighted by Crippen LogP contribution is -2.04. The summed E-state index contributed by atoms with van der Waals surface area (Å²) in [5.41, 5.74) is 3.63. The molecule has 0 atom stereocenters. The molecule has 3 heterocycles. The Morgan fingerprint density at radius 3 is 2.76 bits per heavy atom. The Bertz CT molecular complexity index is 1110. The van der Waals surface area contributed by atoms with Gasteiger partial charge in [-0.25, -0.2) is 9.37 Å².